The van der Waals surface area contributed by atoms with Crippen molar-refractivity contribution >= 4 is 35.0 Å². The summed E-state index contributed by atoms with van der Waals surface area (Å²) in [5, 5.41) is 10.4. The minimum absolute atomic E-state index is 0.0693. The van der Waals surface area contributed by atoms with E-state index in [1.54, 1.807) is 18.2 Å². The lowest BCUT2D eigenvalue weighted by molar-refractivity contribution is -0.255. The molecule has 2 rings (SSSR count). The molecular weight excluding hydrogens is 290 g/mol. The van der Waals surface area contributed by atoms with Gasteiger partial charge in [-0.3, -0.25) is 14.5 Å². The van der Waals surface area contributed by atoms with Crippen LogP contribution in [0.15, 0.2) is 29.2 Å². The van der Waals surface area contributed by atoms with E-state index in [2.05, 4.69) is 0 Å². The van der Waals surface area contributed by atoms with Crippen molar-refractivity contribution in [2.45, 2.75) is 26.3 Å². The summed E-state index contributed by atoms with van der Waals surface area (Å²) in [5.41, 5.74) is 0.731. The number of amides is 2. The molecule has 1 aliphatic rings. The van der Waals surface area contributed by atoms with E-state index in [1.165, 1.54) is 17.0 Å². The van der Waals surface area contributed by atoms with Gasteiger partial charge < -0.3 is 9.90 Å². The van der Waals surface area contributed by atoms with Crippen LogP contribution in [0, 0.1) is 0 Å². The first-order valence-corrected chi connectivity index (χ1v) is 7.34. The first kappa shape index (κ1) is 15.3. The highest BCUT2D eigenvalue weighted by Crippen LogP contribution is 2.34. The predicted octanol–water partition coefficient (Wildman–Crippen LogP) is 1.88. The Balaban J connectivity index is 2.24. The number of carbonyl (C=O) groups is 3. The molecule has 1 aromatic carbocycles. The molecule has 1 saturated heterocycles. The number of thioether (sulfide) groups is 1. The van der Waals surface area contributed by atoms with Crippen molar-refractivity contribution in [3.05, 3.63) is 40.3 Å². The number of carboxylic acid groups (broad SMARTS) is 1. The molecule has 110 valence electrons. The zero-order valence-electron chi connectivity index (χ0n) is 11.7. The number of hydrogen-bond acceptors (Lipinski definition) is 5. The highest BCUT2D eigenvalue weighted by molar-refractivity contribution is 8.18. The molecule has 21 heavy (non-hydrogen) atoms. The Hall–Kier alpha value is -2.08. The van der Waals surface area contributed by atoms with Crippen molar-refractivity contribution in [1.29, 1.82) is 0 Å². The van der Waals surface area contributed by atoms with Gasteiger partial charge in [-0.05, 0) is 42.3 Å². The van der Waals surface area contributed by atoms with Crippen LogP contribution < -0.4 is 5.11 Å². The largest absolute Gasteiger partial charge is 0.545 e. The molecule has 0 aliphatic carbocycles. The van der Waals surface area contributed by atoms with Crippen LogP contribution >= 0.6 is 11.8 Å². The van der Waals surface area contributed by atoms with Gasteiger partial charge in [-0.25, -0.2) is 0 Å². The predicted molar refractivity (Wildman–Crippen MR) is 78.3 cm³/mol. The molecule has 5 nitrogen and oxygen atoms in total. The minimum atomic E-state index is -1.25. The summed E-state index contributed by atoms with van der Waals surface area (Å²) < 4.78 is 0. The number of carboxylic acids is 1. The van der Waals surface area contributed by atoms with Crippen molar-refractivity contribution in [3.8, 4) is 0 Å². The number of benzene rings is 1. The molecule has 1 aromatic rings. The highest BCUT2D eigenvalue weighted by atomic mass is 32.2. The normalized spacial score (nSPS) is 18.4. The lowest BCUT2D eigenvalue weighted by Gasteiger charge is -2.19. The summed E-state index contributed by atoms with van der Waals surface area (Å²) in [5.74, 6) is -1.55. The molecule has 0 aromatic heterocycles. The second-order valence-corrected chi connectivity index (χ2v) is 5.71. The van der Waals surface area contributed by atoms with Gasteiger partial charge in [0.2, 0.25) is 0 Å². The van der Waals surface area contributed by atoms with E-state index < -0.39 is 5.97 Å². The number of aromatic carboxylic acids is 1. The van der Waals surface area contributed by atoms with Crippen LogP contribution in [-0.4, -0.2) is 28.1 Å². The lowest BCUT2D eigenvalue weighted by Crippen LogP contribution is -2.36. The fourth-order valence-corrected chi connectivity index (χ4v) is 2.84. The van der Waals surface area contributed by atoms with Crippen molar-refractivity contribution in [1.82, 2.24) is 4.90 Å². The van der Waals surface area contributed by atoms with E-state index in [-0.39, 0.29) is 22.8 Å². The molecule has 1 heterocycles. The molecular formula is C15H14NO4S-. The second-order valence-electron chi connectivity index (χ2n) is 4.72. The molecule has 0 unspecified atom stereocenters. The summed E-state index contributed by atoms with van der Waals surface area (Å²) >= 11 is 0.901. The fourth-order valence-electron chi connectivity index (χ4n) is 1.91. The molecule has 6 heteroatoms. The minimum Gasteiger partial charge on any atom is -0.545 e. The third-order valence-corrected chi connectivity index (χ3v) is 4.18. The molecule has 0 bridgehead atoms. The van der Waals surface area contributed by atoms with Gasteiger partial charge in [0.05, 0.1) is 10.9 Å². The fraction of sp³-hybridized carbons (Fsp3) is 0.267. The number of nitrogens with zero attached hydrogens (tertiary/aromatic N) is 1. The quantitative estimate of drug-likeness (QED) is 0.794. The first-order chi connectivity index (χ1) is 9.93. The average molecular weight is 304 g/mol. The van der Waals surface area contributed by atoms with Crippen molar-refractivity contribution in [2.24, 2.45) is 0 Å². The SMILES string of the molecule is CC[C@H](C)N1C(=O)SC(=Cc2ccc(C(=O)[O-])cc2)C1=O. The zero-order valence-corrected chi connectivity index (χ0v) is 12.5. The van der Waals surface area contributed by atoms with E-state index in [0.717, 1.165) is 11.8 Å². The van der Waals surface area contributed by atoms with E-state index in [9.17, 15) is 19.5 Å². The van der Waals surface area contributed by atoms with Crippen LogP contribution in [0.1, 0.15) is 36.2 Å². The maximum absolute atomic E-state index is 12.2. The van der Waals surface area contributed by atoms with Crippen molar-refractivity contribution in [2.75, 3.05) is 0 Å². The van der Waals surface area contributed by atoms with Crippen molar-refractivity contribution in [3.63, 3.8) is 0 Å². The Bertz CT molecular complexity index is 621. The number of rotatable bonds is 4. The maximum Gasteiger partial charge on any atom is 0.293 e. The standard InChI is InChI=1S/C15H15NO4S/c1-3-9(2)16-13(17)12(21-15(16)20)8-10-4-6-11(7-5-10)14(18)19/h4-9H,3H2,1-2H3,(H,18,19)/p-1/t9-/m0/s1. The second kappa shape index (κ2) is 6.13. The third kappa shape index (κ3) is 3.16. The van der Waals surface area contributed by atoms with E-state index >= 15 is 0 Å². The van der Waals surface area contributed by atoms with Gasteiger partial charge in [0.15, 0.2) is 0 Å². The summed E-state index contributed by atoms with van der Waals surface area (Å²) in [4.78, 5) is 36.3. The Morgan fingerprint density at radius 1 is 1.33 bits per heavy atom. The zero-order chi connectivity index (χ0) is 15.6. The van der Waals surface area contributed by atoms with Crippen LogP contribution in [0.25, 0.3) is 6.08 Å². The molecule has 0 saturated carbocycles. The Kier molecular flexibility index (Phi) is 4.47. The van der Waals surface area contributed by atoms with Crippen LogP contribution in [-0.2, 0) is 4.79 Å². The lowest BCUT2D eigenvalue weighted by atomic mass is 10.1. The topological polar surface area (TPSA) is 77.5 Å². The van der Waals surface area contributed by atoms with Gasteiger partial charge in [0.25, 0.3) is 11.1 Å². The Morgan fingerprint density at radius 2 is 1.95 bits per heavy atom. The summed E-state index contributed by atoms with van der Waals surface area (Å²) in [6.07, 6.45) is 2.29. The Labute approximate surface area is 126 Å². The molecule has 0 radical (unpaired) electrons. The van der Waals surface area contributed by atoms with Gasteiger partial charge in [-0.2, -0.15) is 0 Å². The van der Waals surface area contributed by atoms with Gasteiger partial charge in [0.1, 0.15) is 0 Å². The van der Waals surface area contributed by atoms with Gasteiger partial charge in [-0.1, -0.05) is 31.2 Å². The van der Waals surface area contributed by atoms with Crippen molar-refractivity contribution < 1.29 is 19.5 Å². The molecule has 0 spiro atoms. The van der Waals surface area contributed by atoms with Crippen LogP contribution in [0.5, 0.6) is 0 Å². The summed E-state index contributed by atoms with van der Waals surface area (Å²) in [6.45, 7) is 3.74. The first-order valence-electron chi connectivity index (χ1n) is 6.52. The molecule has 2 amide bonds. The molecule has 0 N–H and O–H groups in total. The third-order valence-electron chi connectivity index (χ3n) is 3.30. The van der Waals surface area contributed by atoms with Gasteiger partial charge >= 0.3 is 0 Å². The van der Waals surface area contributed by atoms with E-state index in [0.29, 0.717) is 16.9 Å². The number of imide groups is 1. The summed E-state index contributed by atoms with van der Waals surface area (Å²) in [7, 11) is 0. The van der Waals surface area contributed by atoms with Crippen LogP contribution in [0.3, 0.4) is 0 Å². The monoisotopic (exact) mass is 304 g/mol. The highest BCUT2D eigenvalue weighted by Gasteiger charge is 2.37. The molecule has 1 atom stereocenters. The van der Waals surface area contributed by atoms with E-state index in [1.807, 2.05) is 13.8 Å². The van der Waals surface area contributed by atoms with Gasteiger partial charge in [-0.15, -0.1) is 0 Å². The average Bonchev–Trinajstić information content (AvgIpc) is 2.73. The number of carbonyl (C=O) groups excluding carboxylic acids is 3. The van der Waals surface area contributed by atoms with Crippen LogP contribution in [0.2, 0.25) is 0 Å². The van der Waals surface area contributed by atoms with Gasteiger partial charge in [0, 0.05) is 6.04 Å². The smallest absolute Gasteiger partial charge is 0.293 e. The van der Waals surface area contributed by atoms with Crippen LogP contribution in [0.4, 0.5) is 4.79 Å². The summed E-state index contributed by atoms with van der Waals surface area (Å²) in [6, 6.07) is 5.81. The van der Waals surface area contributed by atoms with E-state index in [4.69, 9.17) is 0 Å². The Morgan fingerprint density at radius 3 is 2.48 bits per heavy atom. The molecule has 1 aliphatic heterocycles. The number of hydrogen-bond donors (Lipinski definition) is 0. The molecule has 1 fully saturated rings. The maximum atomic E-state index is 12.2.